The minimum Gasteiger partial charge on any atom is -0.481 e. The molecule has 3 unspecified atom stereocenters. The predicted octanol–water partition coefficient (Wildman–Crippen LogP) is 4.58. The molecule has 1 aromatic heterocycles. The first-order chi connectivity index (χ1) is 40.7. The van der Waals surface area contributed by atoms with Crippen LogP contribution >= 0.6 is 0 Å². The zero-order chi connectivity index (χ0) is 63.4. The molecule has 1 heterocycles. The molecule has 0 aliphatic heterocycles. The fourth-order valence-corrected chi connectivity index (χ4v) is 9.69. The Morgan fingerprint density at radius 1 is 0.518 bits per heavy atom. The molecule has 1 aromatic rings. The number of aliphatic carboxylic acids is 3. The molecule has 0 aliphatic rings. The number of aromatic nitrogens is 4. The van der Waals surface area contributed by atoms with Crippen LogP contribution in [0.4, 0.5) is 0 Å². The first kappa shape index (κ1) is 79.2. The van der Waals surface area contributed by atoms with Gasteiger partial charge >= 0.3 is 17.9 Å². The molecule has 0 saturated carbocycles. The molecule has 0 fully saturated rings. The van der Waals surface area contributed by atoms with E-state index in [1.165, 1.54) is 58.3 Å². The van der Waals surface area contributed by atoms with E-state index < -0.39 is 69.1 Å². The standard InChI is InChI=1S/C39H68N6O12S.C18H32N2O7/c1-2-17-34(39(52)53)41-37(49)22-21-31(38(50)51)28-33(47)29-57-26-25-56-24-23-40-36(48)20-16-27-58(54,55)30-32(46)18-14-12-10-8-6-4-3-5-7-9-11-13-15-19-35-42-44-45-43-35;1-3-16(22)19-9-5-4-8-15(18(24)25)20-17(23)13-27-12-11-26-10-6-7-14(2)21/h31,34H,2-30H2,1H3,(H,40,48)(H,41,49)(H,50,51)(H,52,53)(H,42,43,44,45);15H,3-13H2,1-2H3,(H,19,22)(H,20,23)(H,24,25). The van der Waals surface area contributed by atoms with Gasteiger partial charge in [-0.2, -0.15) is 5.21 Å². The number of rotatable bonds is 57. The average Bonchev–Trinajstić information content (AvgIpc) is 4.03. The highest BCUT2D eigenvalue weighted by Gasteiger charge is 2.25. The zero-order valence-electron chi connectivity index (χ0n) is 50.6. The van der Waals surface area contributed by atoms with Gasteiger partial charge in [0.15, 0.2) is 21.4 Å². The molecule has 1 rings (SSSR count). The van der Waals surface area contributed by atoms with E-state index in [2.05, 4.69) is 41.9 Å². The number of hydrogen-bond acceptors (Lipinski definition) is 19. The highest BCUT2D eigenvalue weighted by molar-refractivity contribution is 7.92. The molecular weight excluding hydrogens is 1130 g/mol. The first-order valence-electron chi connectivity index (χ1n) is 30.3. The van der Waals surface area contributed by atoms with Gasteiger partial charge in [-0.1, -0.05) is 96.1 Å². The Kier molecular flexibility index (Phi) is 48.9. The third-order valence-corrected chi connectivity index (χ3v) is 14.7. The number of Topliss-reactive ketones (excluding diaryl/α,β-unsaturated/α-hetero) is 3. The lowest BCUT2D eigenvalue weighted by atomic mass is 9.97. The summed E-state index contributed by atoms with van der Waals surface area (Å²) in [4.78, 5) is 116. The SMILES string of the molecule is CCC(=O)NCCCCC(NC(=O)COCCOCCCC(C)=O)C(=O)O.CCCC(NC(=O)CCC(CC(=O)COCCOCCNC(=O)CCCS(=O)(=O)CC(=O)CCCCCCCCCCCCCCCc1nn[nH]n1)C(=O)O)C(=O)O. The van der Waals surface area contributed by atoms with Crippen molar-refractivity contribution < 1.29 is 90.6 Å². The lowest BCUT2D eigenvalue weighted by Crippen LogP contribution is -2.42. The summed E-state index contributed by atoms with van der Waals surface area (Å²) in [6, 6.07) is -2.03. The van der Waals surface area contributed by atoms with Crippen LogP contribution in [-0.2, 0) is 83.2 Å². The van der Waals surface area contributed by atoms with Gasteiger partial charge in [0.25, 0.3) is 0 Å². The van der Waals surface area contributed by atoms with Crippen LogP contribution in [0.25, 0.3) is 0 Å². The van der Waals surface area contributed by atoms with Gasteiger partial charge in [-0.25, -0.2) is 18.0 Å². The smallest absolute Gasteiger partial charge is 0.326 e. The topological polar surface area (TPSA) is 405 Å². The molecule has 0 aromatic carbocycles. The van der Waals surface area contributed by atoms with Crippen LogP contribution in [0.5, 0.6) is 0 Å². The molecule has 27 nitrogen and oxygen atoms in total. The largest absolute Gasteiger partial charge is 0.481 e. The van der Waals surface area contributed by atoms with Gasteiger partial charge in [0.05, 0.1) is 44.7 Å². The second-order valence-electron chi connectivity index (χ2n) is 20.9. The summed E-state index contributed by atoms with van der Waals surface area (Å²) in [6.45, 7) is 6.38. The van der Waals surface area contributed by atoms with Crippen molar-refractivity contribution in [2.24, 2.45) is 5.92 Å². The summed E-state index contributed by atoms with van der Waals surface area (Å²) in [5, 5.41) is 51.8. The number of H-pyrrole nitrogens is 1. The fourth-order valence-electron chi connectivity index (χ4n) is 8.33. The summed E-state index contributed by atoms with van der Waals surface area (Å²) in [5.41, 5.74) is 0. The number of hydrogen-bond donors (Lipinski definition) is 8. The van der Waals surface area contributed by atoms with Crippen molar-refractivity contribution in [2.45, 2.75) is 213 Å². The second-order valence-corrected chi connectivity index (χ2v) is 23.0. The second kappa shape index (κ2) is 52.5. The quantitative estimate of drug-likeness (QED) is 0.0414. The molecule has 4 amide bonds. The van der Waals surface area contributed by atoms with Crippen LogP contribution in [0, 0.1) is 5.92 Å². The van der Waals surface area contributed by atoms with Gasteiger partial charge in [-0.15, -0.1) is 10.2 Å². The van der Waals surface area contributed by atoms with Crippen molar-refractivity contribution >= 4 is 68.7 Å². The van der Waals surface area contributed by atoms with Crippen LogP contribution in [0.1, 0.15) is 200 Å². The summed E-state index contributed by atoms with van der Waals surface area (Å²) < 4.78 is 45.7. The fraction of sp³-hybridized carbons (Fsp3) is 0.807. The Bertz CT molecular complexity index is 2150. The maximum atomic E-state index is 12.4. The zero-order valence-corrected chi connectivity index (χ0v) is 51.5. The third kappa shape index (κ3) is 50.1. The molecule has 3 atom stereocenters. The maximum Gasteiger partial charge on any atom is 0.326 e. The van der Waals surface area contributed by atoms with E-state index in [9.17, 15) is 61.5 Å². The minimum absolute atomic E-state index is 0.00801. The minimum atomic E-state index is -3.59. The van der Waals surface area contributed by atoms with Crippen molar-refractivity contribution in [2.75, 3.05) is 77.5 Å². The number of sulfone groups is 1. The summed E-state index contributed by atoms with van der Waals surface area (Å²) in [5.74, 6) is -6.73. The van der Waals surface area contributed by atoms with E-state index in [1.54, 1.807) is 13.8 Å². The number of carboxylic acid groups (broad SMARTS) is 3. The van der Waals surface area contributed by atoms with Crippen LogP contribution in [0.2, 0.25) is 0 Å². The molecule has 8 N–H and O–H groups in total. The average molecular weight is 1230 g/mol. The summed E-state index contributed by atoms with van der Waals surface area (Å²) in [6.07, 6.45) is 19.0. The number of amides is 4. The van der Waals surface area contributed by atoms with Crippen LogP contribution in [-0.4, -0.2) is 193 Å². The van der Waals surface area contributed by atoms with Crippen molar-refractivity contribution in [3.8, 4) is 0 Å². The van der Waals surface area contributed by atoms with Crippen molar-refractivity contribution in [3.63, 3.8) is 0 Å². The van der Waals surface area contributed by atoms with Gasteiger partial charge in [0.2, 0.25) is 23.6 Å². The Balaban J connectivity index is 0.00000218. The van der Waals surface area contributed by atoms with Gasteiger partial charge in [0, 0.05) is 64.6 Å². The lowest BCUT2D eigenvalue weighted by molar-refractivity contribution is -0.145. The Labute approximate surface area is 501 Å². The van der Waals surface area contributed by atoms with Crippen molar-refractivity contribution in [1.29, 1.82) is 0 Å². The lowest BCUT2D eigenvalue weighted by Gasteiger charge is -2.15. The van der Waals surface area contributed by atoms with E-state index in [0.717, 1.165) is 37.9 Å². The highest BCUT2D eigenvalue weighted by Crippen LogP contribution is 2.15. The van der Waals surface area contributed by atoms with Crippen LogP contribution in [0.3, 0.4) is 0 Å². The molecule has 0 radical (unpaired) electrons. The van der Waals surface area contributed by atoms with E-state index in [4.69, 9.17) is 29.2 Å². The number of tetrazole rings is 1. The molecule has 0 bridgehead atoms. The van der Waals surface area contributed by atoms with Crippen LogP contribution < -0.4 is 21.3 Å². The summed E-state index contributed by atoms with van der Waals surface area (Å²) >= 11 is 0. The van der Waals surface area contributed by atoms with Gasteiger partial charge in [-0.05, 0) is 64.7 Å². The molecule has 85 heavy (non-hydrogen) atoms. The molecule has 0 aliphatic carbocycles. The highest BCUT2D eigenvalue weighted by atomic mass is 32.2. The number of aromatic amines is 1. The Morgan fingerprint density at radius 3 is 1.66 bits per heavy atom. The van der Waals surface area contributed by atoms with E-state index in [-0.39, 0.29) is 127 Å². The van der Waals surface area contributed by atoms with Gasteiger partial charge in [-0.3, -0.25) is 33.6 Å². The number of ether oxygens (including phenoxy) is 4. The third-order valence-electron chi connectivity index (χ3n) is 13.1. The molecular formula is C57H100N8O19S. The molecule has 0 saturated heterocycles. The Morgan fingerprint density at radius 2 is 1.08 bits per heavy atom. The van der Waals surface area contributed by atoms with Gasteiger partial charge in [0.1, 0.15) is 42.6 Å². The number of unbranched alkanes of at least 4 members (excludes halogenated alkanes) is 13. The monoisotopic (exact) mass is 1230 g/mol. The van der Waals surface area contributed by atoms with Crippen molar-refractivity contribution in [1.82, 2.24) is 41.9 Å². The van der Waals surface area contributed by atoms with E-state index in [1.807, 2.05) is 0 Å². The van der Waals surface area contributed by atoms with Crippen molar-refractivity contribution in [3.05, 3.63) is 5.82 Å². The maximum absolute atomic E-state index is 12.4. The van der Waals surface area contributed by atoms with E-state index in [0.29, 0.717) is 64.7 Å². The number of nitrogens with one attached hydrogen (secondary N) is 5. The first-order valence-corrected chi connectivity index (χ1v) is 32.1. The number of nitrogens with zero attached hydrogens (tertiary/aromatic N) is 3. The number of carboxylic acids is 3. The number of aryl methyl sites for hydroxylation is 1. The normalized spacial score (nSPS) is 12.2. The number of carbonyl (C=O) groups is 10. The van der Waals surface area contributed by atoms with Gasteiger partial charge < -0.3 is 60.3 Å². The predicted molar refractivity (Wildman–Crippen MR) is 313 cm³/mol. The molecule has 488 valence electrons. The van der Waals surface area contributed by atoms with Crippen LogP contribution in [0.15, 0.2) is 0 Å². The Hall–Kier alpha value is -5.84. The summed E-state index contributed by atoms with van der Waals surface area (Å²) in [7, 11) is -3.59. The molecule has 28 heteroatoms. The van der Waals surface area contributed by atoms with E-state index >= 15 is 0 Å². The molecule has 0 spiro atoms. The number of carbonyl (C=O) groups excluding carboxylic acids is 7. The number of ketones is 3.